The number of carbonyl (C=O) groups excluding carboxylic acids is 1. The van der Waals surface area contributed by atoms with Crippen LogP contribution in [-0.2, 0) is 5.41 Å². The van der Waals surface area contributed by atoms with E-state index in [4.69, 9.17) is 16.3 Å². The minimum Gasteiger partial charge on any atom is -0.456 e. The average molecular weight is 303 g/mol. The Kier molecular flexibility index (Phi) is 4.38. The lowest BCUT2D eigenvalue weighted by Gasteiger charge is -2.20. The lowest BCUT2D eigenvalue weighted by Crippen LogP contribution is -2.11. The predicted octanol–water partition coefficient (Wildman–Crippen LogP) is 5.55. The number of aryl methyl sites for hydroxylation is 1. The fourth-order valence-electron chi connectivity index (χ4n) is 2.02. The maximum atomic E-state index is 10.7. The zero-order valence-electron chi connectivity index (χ0n) is 12.7. The number of rotatable bonds is 3. The van der Waals surface area contributed by atoms with Crippen LogP contribution in [0.25, 0.3) is 0 Å². The highest BCUT2D eigenvalue weighted by Gasteiger charge is 2.15. The normalized spacial score (nSPS) is 11.3. The van der Waals surface area contributed by atoms with E-state index < -0.39 is 0 Å². The third kappa shape index (κ3) is 3.64. The van der Waals surface area contributed by atoms with Crippen LogP contribution in [-0.4, -0.2) is 6.29 Å². The van der Waals surface area contributed by atoms with E-state index in [1.807, 2.05) is 13.0 Å². The van der Waals surface area contributed by atoms with Crippen molar-refractivity contribution in [3.63, 3.8) is 0 Å². The summed E-state index contributed by atoms with van der Waals surface area (Å²) in [5.41, 5.74) is 2.95. The second-order valence-corrected chi connectivity index (χ2v) is 6.55. The van der Waals surface area contributed by atoms with E-state index in [2.05, 4.69) is 32.9 Å². The molecule has 2 nitrogen and oxygen atoms in total. The molecule has 0 radical (unpaired) electrons. The Morgan fingerprint density at radius 2 is 1.71 bits per heavy atom. The van der Waals surface area contributed by atoms with Crippen molar-refractivity contribution >= 4 is 17.9 Å². The van der Waals surface area contributed by atoms with E-state index in [9.17, 15) is 4.79 Å². The van der Waals surface area contributed by atoms with Gasteiger partial charge >= 0.3 is 0 Å². The molecule has 0 saturated heterocycles. The van der Waals surface area contributed by atoms with Crippen LogP contribution in [0.3, 0.4) is 0 Å². The molecule has 0 amide bonds. The summed E-state index contributed by atoms with van der Waals surface area (Å²) in [5, 5.41) is 0.430. The van der Waals surface area contributed by atoms with E-state index >= 15 is 0 Å². The SMILES string of the molecule is Cc1cc(C(C)(C)C)ccc1Oc1ccc(C=O)cc1Cl. The maximum absolute atomic E-state index is 10.7. The second kappa shape index (κ2) is 5.90. The van der Waals surface area contributed by atoms with Gasteiger partial charge in [0.25, 0.3) is 0 Å². The molecule has 21 heavy (non-hydrogen) atoms. The van der Waals surface area contributed by atoms with Crippen molar-refractivity contribution in [3.05, 3.63) is 58.1 Å². The molecule has 2 rings (SSSR count). The summed E-state index contributed by atoms with van der Waals surface area (Å²) >= 11 is 6.13. The Balaban J connectivity index is 2.30. The molecule has 0 aliphatic heterocycles. The predicted molar refractivity (Wildman–Crippen MR) is 86.8 cm³/mol. The van der Waals surface area contributed by atoms with Crippen LogP contribution in [0.2, 0.25) is 5.02 Å². The third-order valence-electron chi connectivity index (χ3n) is 3.35. The molecule has 0 aromatic heterocycles. The van der Waals surface area contributed by atoms with Gasteiger partial charge in [0.15, 0.2) is 0 Å². The van der Waals surface area contributed by atoms with Gasteiger partial charge in [-0.15, -0.1) is 0 Å². The highest BCUT2D eigenvalue weighted by atomic mass is 35.5. The van der Waals surface area contributed by atoms with Crippen LogP contribution in [0.4, 0.5) is 0 Å². The van der Waals surface area contributed by atoms with E-state index in [1.54, 1.807) is 18.2 Å². The molecule has 0 aliphatic carbocycles. The van der Waals surface area contributed by atoms with Gasteiger partial charge in [0, 0.05) is 5.56 Å². The van der Waals surface area contributed by atoms with Crippen molar-refractivity contribution in [1.29, 1.82) is 0 Å². The largest absolute Gasteiger partial charge is 0.456 e. The van der Waals surface area contributed by atoms with Gasteiger partial charge in [-0.1, -0.05) is 44.5 Å². The van der Waals surface area contributed by atoms with Crippen LogP contribution < -0.4 is 4.74 Å². The maximum Gasteiger partial charge on any atom is 0.150 e. The van der Waals surface area contributed by atoms with E-state index in [-0.39, 0.29) is 5.41 Å². The molecule has 0 N–H and O–H groups in total. The summed E-state index contributed by atoms with van der Waals surface area (Å²) in [4.78, 5) is 10.7. The zero-order valence-corrected chi connectivity index (χ0v) is 13.5. The average Bonchev–Trinajstić information content (AvgIpc) is 2.41. The summed E-state index contributed by atoms with van der Waals surface area (Å²) in [5.74, 6) is 1.32. The lowest BCUT2D eigenvalue weighted by atomic mass is 9.86. The molecule has 0 unspecified atom stereocenters. The van der Waals surface area contributed by atoms with Crippen molar-refractivity contribution in [3.8, 4) is 11.5 Å². The Hall–Kier alpha value is -1.80. The molecular formula is C18H19ClO2. The molecular weight excluding hydrogens is 284 g/mol. The smallest absolute Gasteiger partial charge is 0.150 e. The first kappa shape index (κ1) is 15.6. The van der Waals surface area contributed by atoms with Gasteiger partial charge < -0.3 is 4.74 Å². The summed E-state index contributed by atoms with van der Waals surface area (Å²) in [6, 6.07) is 11.2. The quantitative estimate of drug-likeness (QED) is 0.695. The van der Waals surface area contributed by atoms with E-state index in [1.165, 1.54) is 5.56 Å². The molecule has 0 aliphatic rings. The van der Waals surface area contributed by atoms with Crippen molar-refractivity contribution in [2.75, 3.05) is 0 Å². The van der Waals surface area contributed by atoms with Crippen molar-refractivity contribution in [2.24, 2.45) is 0 Å². The zero-order chi connectivity index (χ0) is 15.6. The van der Waals surface area contributed by atoms with Gasteiger partial charge in [0.2, 0.25) is 0 Å². The summed E-state index contributed by atoms with van der Waals surface area (Å²) in [7, 11) is 0. The molecule has 110 valence electrons. The minimum absolute atomic E-state index is 0.104. The standard InChI is InChI=1S/C18H19ClO2/c1-12-9-14(18(2,3)4)6-8-16(12)21-17-7-5-13(11-20)10-15(17)19/h5-11H,1-4H3. The van der Waals surface area contributed by atoms with Gasteiger partial charge in [-0.2, -0.15) is 0 Å². The lowest BCUT2D eigenvalue weighted by molar-refractivity contribution is 0.112. The third-order valence-corrected chi connectivity index (χ3v) is 3.65. The van der Waals surface area contributed by atoms with E-state index in [0.29, 0.717) is 16.3 Å². The molecule has 0 saturated carbocycles. The van der Waals surface area contributed by atoms with Gasteiger partial charge in [0.05, 0.1) is 5.02 Å². The van der Waals surface area contributed by atoms with Crippen LogP contribution >= 0.6 is 11.6 Å². The monoisotopic (exact) mass is 302 g/mol. The topological polar surface area (TPSA) is 26.3 Å². The van der Waals surface area contributed by atoms with Gasteiger partial charge in [-0.3, -0.25) is 4.79 Å². The van der Waals surface area contributed by atoms with Crippen LogP contribution in [0, 0.1) is 6.92 Å². The summed E-state index contributed by atoms with van der Waals surface area (Å²) < 4.78 is 5.86. The van der Waals surface area contributed by atoms with Gasteiger partial charge in [-0.05, 0) is 47.7 Å². The summed E-state index contributed by atoms with van der Waals surface area (Å²) in [6.45, 7) is 8.55. The fourth-order valence-corrected chi connectivity index (χ4v) is 2.25. The first-order chi connectivity index (χ1) is 9.81. The molecule has 0 bridgehead atoms. The molecule has 0 spiro atoms. The Morgan fingerprint density at radius 1 is 1.05 bits per heavy atom. The highest BCUT2D eigenvalue weighted by molar-refractivity contribution is 6.32. The number of benzene rings is 2. The number of ether oxygens (including phenoxy) is 1. The molecule has 2 aromatic carbocycles. The summed E-state index contributed by atoms with van der Waals surface area (Å²) in [6.07, 6.45) is 0.763. The van der Waals surface area contributed by atoms with Crippen LogP contribution in [0.1, 0.15) is 42.3 Å². The molecule has 2 aromatic rings. The number of carbonyl (C=O) groups is 1. The molecule has 0 heterocycles. The first-order valence-electron chi connectivity index (χ1n) is 6.85. The van der Waals surface area contributed by atoms with Crippen LogP contribution in [0.15, 0.2) is 36.4 Å². The highest BCUT2D eigenvalue weighted by Crippen LogP contribution is 2.33. The van der Waals surface area contributed by atoms with Crippen LogP contribution in [0.5, 0.6) is 11.5 Å². The number of aldehydes is 1. The Bertz CT molecular complexity index is 669. The van der Waals surface area contributed by atoms with Crippen molar-refractivity contribution in [2.45, 2.75) is 33.1 Å². The number of hydrogen-bond acceptors (Lipinski definition) is 2. The number of halogens is 1. The van der Waals surface area contributed by atoms with Crippen molar-refractivity contribution in [1.82, 2.24) is 0 Å². The first-order valence-corrected chi connectivity index (χ1v) is 7.23. The molecule has 3 heteroatoms. The Labute approximate surface area is 130 Å². The minimum atomic E-state index is 0.104. The molecule has 0 fully saturated rings. The molecule has 0 atom stereocenters. The van der Waals surface area contributed by atoms with E-state index in [0.717, 1.165) is 17.6 Å². The fraction of sp³-hybridized carbons (Fsp3) is 0.278. The Morgan fingerprint density at radius 3 is 2.24 bits per heavy atom. The van der Waals surface area contributed by atoms with Gasteiger partial charge in [0.1, 0.15) is 17.8 Å². The second-order valence-electron chi connectivity index (χ2n) is 6.14. The van der Waals surface area contributed by atoms with Gasteiger partial charge in [-0.25, -0.2) is 0 Å². The van der Waals surface area contributed by atoms with Crippen molar-refractivity contribution < 1.29 is 9.53 Å². The number of hydrogen-bond donors (Lipinski definition) is 0.